The van der Waals surface area contributed by atoms with Gasteiger partial charge in [0.2, 0.25) is 0 Å². The third-order valence-electron chi connectivity index (χ3n) is 4.48. The summed E-state index contributed by atoms with van der Waals surface area (Å²) < 4.78 is 19.0. The van der Waals surface area contributed by atoms with Crippen molar-refractivity contribution in [2.75, 3.05) is 7.11 Å². The van der Waals surface area contributed by atoms with E-state index in [9.17, 15) is 9.50 Å². The number of methoxy groups -OCH3 is 1. The summed E-state index contributed by atoms with van der Waals surface area (Å²) in [5.41, 5.74) is 1.28. The SMILES string of the molecule is COc1ccc(F)cc1C1(O)CCC(C)c2ccccc21. The normalized spacial score (nSPS) is 24.5. The van der Waals surface area contributed by atoms with E-state index in [1.807, 2.05) is 24.3 Å². The Kier molecular flexibility index (Phi) is 3.46. The van der Waals surface area contributed by atoms with Crippen LogP contribution in [0.3, 0.4) is 0 Å². The third-order valence-corrected chi connectivity index (χ3v) is 4.48. The molecule has 0 fully saturated rings. The van der Waals surface area contributed by atoms with Gasteiger partial charge >= 0.3 is 0 Å². The molecule has 0 heterocycles. The Bertz CT molecular complexity index is 668. The summed E-state index contributed by atoms with van der Waals surface area (Å²) in [6, 6.07) is 12.2. The van der Waals surface area contributed by atoms with Crippen molar-refractivity contribution in [2.24, 2.45) is 0 Å². The molecule has 2 nitrogen and oxygen atoms in total. The summed E-state index contributed by atoms with van der Waals surface area (Å²) in [7, 11) is 1.54. The van der Waals surface area contributed by atoms with Gasteiger partial charge in [0.1, 0.15) is 17.2 Å². The maximum atomic E-state index is 13.7. The van der Waals surface area contributed by atoms with Crippen molar-refractivity contribution in [1.29, 1.82) is 0 Å². The summed E-state index contributed by atoms with van der Waals surface area (Å²) in [4.78, 5) is 0. The number of ether oxygens (including phenoxy) is 1. The fourth-order valence-corrected chi connectivity index (χ4v) is 3.30. The van der Waals surface area contributed by atoms with Gasteiger partial charge in [-0.15, -0.1) is 0 Å². The molecule has 2 atom stereocenters. The van der Waals surface area contributed by atoms with Gasteiger partial charge in [0.05, 0.1) is 7.11 Å². The summed E-state index contributed by atoms with van der Waals surface area (Å²) in [6.07, 6.45) is 1.41. The lowest BCUT2D eigenvalue weighted by molar-refractivity contribution is 0.0550. The molecule has 2 unspecified atom stereocenters. The number of rotatable bonds is 2. The van der Waals surface area contributed by atoms with Crippen LogP contribution >= 0.6 is 0 Å². The highest BCUT2D eigenvalue weighted by Crippen LogP contribution is 2.47. The van der Waals surface area contributed by atoms with E-state index in [-0.39, 0.29) is 5.82 Å². The van der Waals surface area contributed by atoms with Crippen LogP contribution in [0.2, 0.25) is 0 Å². The zero-order chi connectivity index (χ0) is 15.0. The predicted molar refractivity (Wildman–Crippen MR) is 80.0 cm³/mol. The molecule has 2 aromatic carbocycles. The van der Waals surface area contributed by atoms with Gasteiger partial charge in [-0.05, 0) is 48.1 Å². The molecule has 21 heavy (non-hydrogen) atoms. The Hall–Kier alpha value is -1.87. The zero-order valence-electron chi connectivity index (χ0n) is 12.3. The van der Waals surface area contributed by atoms with E-state index in [0.717, 1.165) is 17.5 Å². The second kappa shape index (κ2) is 5.15. The van der Waals surface area contributed by atoms with Gasteiger partial charge in [-0.3, -0.25) is 0 Å². The number of benzene rings is 2. The van der Waals surface area contributed by atoms with Crippen molar-refractivity contribution in [3.8, 4) is 5.75 Å². The first-order valence-corrected chi connectivity index (χ1v) is 7.22. The van der Waals surface area contributed by atoms with Crippen LogP contribution < -0.4 is 4.74 Å². The molecule has 0 amide bonds. The van der Waals surface area contributed by atoms with Gasteiger partial charge in [-0.25, -0.2) is 4.39 Å². The Morgan fingerprint density at radius 1 is 1.19 bits per heavy atom. The van der Waals surface area contributed by atoms with Gasteiger partial charge in [-0.2, -0.15) is 0 Å². The molecule has 0 bridgehead atoms. The van der Waals surface area contributed by atoms with Crippen LogP contribution in [-0.4, -0.2) is 12.2 Å². The first-order chi connectivity index (χ1) is 10.1. The van der Waals surface area contributed by atoms with Crippen molar-refractivity contribution in [1.82, 2.24) is 0 Å². The topological polar surface area (TPSA) is 29.5 Å². The highest BCUT2D eigenvalue weighted by molar-refractivity contribution is 5.49. The molecule has 0 saturated carbocycles. The zero-order valence-corrected chi connectivity index (χ0v) is 12.3. The van der Waals surface area contributed by atoms with Crippen LogP contribution in [0.4, 0.5) is 4.39 Å². The van der Waals surface area contributed by atoms with E-state index in [1.54, 1.807) is 6.07 Å². The molecule has 0 aliphatic heterocycles. The molecule has 1 N–H and O–H groups in total. The van der Waals surface area contributed by atoms with Crippen molar-refractivity contribution < 1.29 is 14.2 Å². The fourth-order valence-electron chi connectivity index (χ4n) is 3.30. The molecule has 0 radical (unpaired) electrons. The van der Waals surface area contributed by atoms with Gasteiger partial charge < -0.3 is 9.84 Å². The highest BCUT2D eigenvalue weighted by Gasteiger charge is 2.40. The minimum Gasteiger partial charge on any atom is -0.496 e. The van der Waals surface area contributed by atoms with Crippen LogP contribution in [0.15, 0.2) is 42.5 Å². The Morgan fingerprint density at radius 2 is 1.95 bits per heavy atom. The van der Waals surface area contributed by atoms with Crippen molar-refractivity contribution in [2.45, 2.75) is 31.3 Å². The lowest BCUT2D eigenvalue weighted by Gasteiger charge is -2.38. The summed E-state index contributed by atoms with van der Waals surface area (Å²) in [6.45, 7) is 2.15. The van der Waals surface area contributed by atoms with E-state index in [1.165, 1.54) is 19.2 Å². The number of halogens is 1. The predicted octanol–water partition coefficient (Wildman–Crippen LogP) is 3.97. The average Bonchev–Trinajstić information content (AvgIpc) is 2.51. The lowest BCUT2D eigenvalue weighted by Crippen LogP contribution is -2.33. The summed E-state index contributed by atoms with van der Waals surface area (Å²) in [5, 5.41) is 11.3. The van der Waals surface area contributed by atoms with Crippen molar-refractivity contribution >= 4 is 0 Å². The third kappa shape index (κ3) is 2.22. The monoisotopic (exact) mass is 286 g/mol. The smallest absolute Gasteiger partial charge is 0.125 e. The summed E-state index contributed by atoms with van der Waals surface area (Å²) in [5.74, 6) is 0.541. The average molecular weight is 286 g/mol. The Labute approximate surface area is 124 Å². The maximum Gasteiger partial charge on any atom is 0.125 e. The van der Waals surface area contributed by atoms with Gasteiger partial charge in [0.25, 0.3) is 0 Å². The Balaban J connectivity index is 2.22. The number of hydrogen-bond donors (Lipinski definition) is 1. The lowest BCUT2D eigenvalue weighted by atomic mass is 9.71. The quantitative estimate of drug-likeness (QED) is 0.905. The van der Waals surface area contributed by atoms with Crippen LogP contribution in [0.5, 0.6) is 5.75 Å². The molecular weight excluding hydrogens is 267 g/mol. The first kappa shape index (κ1) is 14.1. The molecule has 0 aromatic heterocycles. The molecular formula is C18H19FO2. The van der Waals surface area contributed by atoms with E-state index in [0.29, 0.717) is 23.7 Å². The van der Waals surface area contributed by atoms with Crippen LogP contribution in [0.25, 0.3) is 0 Å². The largest absolute Gasteiger partial charge is 0.496 e. The molecule has 110 valence electrons. The molecule has 3 rings (SSSR count). The molecule has 2 aromatic rings. The maximum absolute atomic E-state index is 13.7. The fraction of sp³-hybridized carbons (Fsp3) is 0.333. The molecule has 3 heteroatoms. The molecule has 0 spiro atoms. The molecule has 1 aliphatic rings. The molecule has 0 saturated heterocycles. The minimum absolute atomic E-state index is 0.365. The van der Waals surface area contributed by atoms with Crippen LogP contribution in [-0.2, 0) is 5.60 Å². The van der Waals surface area contributed by atoms with Gasteiger partial charge in [-0.1, -0.05) is 31.2 Å². The first-order valence-electron chi connectivity index (χ1n) is 7.22. The van der Waals surface area contributed by atoms with Gasteiger partial charge in [0, 0.05) is 5.56 Å². The minimum atomic E-state index is -1.20. The van der Waals surface area contributed by atoms with E-state index in [4.69, 9.17) is 4.74 Å². The molecule has 1 aliphatic carbocycles. The highest BCUT2D eigenvalue weighted by atomic mass is 19.1. The number of fused-ring (bicyclic) bond motifs is 1. The van der Waals surface area contributed by atoms with Crippen molar-refractivity contribution in [3.63, 3.8) is 0 Å². The Morgan fingerprint density at radius 3 is 2.71 bits per heavy atom. The van der Waals surface area contributed by atoms with Crippen molar-refractivity contribution in [3.05, 3.63) is 65.0 Å². The van der Waals surface area contributed by atoms with E-state index < -0.39 is 5.60 Å². The number of aliphatic hydroxyl groups is 1. The second-order valence-corrected chi connectivity index (χ2v) is 5.73. The number of hydrogen-bond acceptors (Lipinski definition) is 2. The standard InChI is InChI=1S/C18H19FO2/c1-12-9-10-18(20,15-6-4-3-5-14(12)15)16-11-13(19)7-8-17(16)21-2/h3-8,11-12,20H,9-10H2,1-2H3. The van der Waals surface area contributed by atoms with E-state index in [2.05, 4.69) is 6.92 Å². The van der Waals surface area contributed by atoms with Crippen LogP contribution in [0, 0.1) is 5.82 Å². The van der Waals surface area contributed by atoms with Gasteiger partial charge in [0.15, 0.2) is 0 Å². The second-order valence-electron chi connectivity index (χ2n) is 5.73. The summed E-state index contributed by atoms with van der Waals surface area (Å²) >= 11 is 0. The van der Waals surface area contributed by atoms with Crippen LogP contribution in [0.1, 0.15) is 42.4 Å². The van der Waals surface area contributed by atoms with E-state index >= 15 is 0 Å².